The van der Waals surface area contributed by atoms with Gasteiger partial charge in [-0.25, -0.2) is 4.98 Å². The Hall–Kier alpha value is -1.62. The van der Waals surface area contributed by atoms with Crippen LogP contribution in [0.5, 0.6) is 5.88 Å². The van der Waals surface area contributed by atoms with Gasteiger partial charge in [-0.05, 0) is 25.3 Å². The first-order valence-electron chi connectivity index (χ1n) is 6.57. The number of nitrogens with zero attached hydrogens (tertiary/aromatic N) is 1. The van der Waals surface area contributed by atoms with Gasteiger partial charge in [-0.1, -0.05) is 19.9 Å². The van der Waals surface area contributed by atoms with Crippen molar-refractivity contribution in [2.75, 3.05) is 6.61 Å². The second-order valence-electron chi connectivity index (χ2n) is 4.80. The highest BCUT2D eigenvalue weighted by molar-refractivity contribution is 5.73. The van der Waals surface area contributed by atoms with Crippen molar-refractivity contribution in [3.8, 4) is 5.88 Å². The highest BCUT2D eigenvalue weighted by atomic mass is 16.5. The molecule has 0 bridgehead atoms. The largest absolute Gasteiger partial charge is 0.480 e. The third-order valence-corrected chi connectivity index (χ3v) is 2.61. The standard InChI is InChI=1S/C14H22N2O3/c1-4-19-13-7-5-6-11(16-13)9-15-12(14(17)18)8-10(2)3/h5-7,10,12,15H,4,8-9H2,1-3H3,(H,17,18)/t12-/m1/s1. The summed E-state index contributed by atoms with van der Waals surface area (Å²) in [7, 11) is 0. The summed E-state index contributed by atoms with van der Waals surface area (Å²) in [6.45, 7) is 6.90. The summed E-state index contributed by atoms with van der Waals surface area (Å²) in [4.78, 5) is 15.4. The van der Waals surface area contributed by atoms with Gasteiger partial charge in [0.2, 0.25) is 5.88 Å². The molecule has 1 aromatic rings. The fourth-order valence-electron chi connectivity index (χ4n) is 1.75. The molecule has 0 saturated heterocycles. The molecule has 1 heterocycles. The number of aromatic nitrogens is 1. The smallest absolute Gasteiger partial charge is 0.320 e. The Bertz CT molecular complexity index is 407. The molecule has 1 atom stereocenters. The van der Waals surface area contributed by atoms with Crippen LogP contribution in [0.1, 0.15) is 32.9 Å². The molecule has 0 radical (unpaired) electrons. The summed E-state index contributed by atoms with van der Waals surface area (Å²) in [5.41, 5.74) is 0.779. The van der Waals surface area contributed by atoms with E-state index in [2.05, 4.69) is 10.3 Å². The maximum Gasteiger partial charge on any atom is 0.320 e. The number of nitrogens with one attached hydrogen (secondary N) is 1. The van der Waals surface area contributed by atoms with Crippen LogP contribution in [0, 0.1) is 5.92 Å². The van der Waals surface area contributed by atoms with E-state index < -0.39 is 12.0 Å². The predicted molar refractivity (Wildman–Crippen MR) is 73.1 cm³/mol. The number of aliphatic carboxylic acids is 1. The minimum absolute atomic E-state index is 0.330. The summed E-state index contributed by atoms with van der Waals surface area (Å²) in [6.07, 6.45) is 0.598. The Morgan fingerprint density at radius 1 is 1.47 bits per heavy atom. The Balaban J connectivity index is 2.58. The molecule has 106 valence electrons. The monoisotopic (exact) mass is 266 g/mol. The Morgan fingerprint density at radius 2 is 2.21 bits per heavy atom. The first kappa shape index (κ1) is 15.4. The van der Waals surface area contributed by atoms with Crippen LogP contribution < -0.4 is 10.1 Å². The number of carboxylic acids is 1. The molecule has 0 fully saturated rings. The molecular weight excluding hydrogens is 244 g/mol. The lowest BCUT2D eigenvalue weighted by Crippen LogP contribution is -2.37. The van der Waals surface area contributed by atoms with Crippen molar-refractivity contribution >= 4 is 5.97 Å². The number of carbonyl (C=O) groups is 1. The lowest BCUT2D eigenvalue weighted by atomic mass is 10.0. The average molecular weight is 266 g/mol. The van der Waals surface area contributed by atoms with Gasteiger partial charge in [0.25, 0.3) is 0 Å². The van der Waals surface area contributed by atoms with Crippen LogP contribution in [0.3, 0.4) is 0 Å². The molecule has 19 heavy (non-hydrogen) atoms. The van der Waals surface area contributed by atoms with Crippen molar-refractivity contribution in [1.29, 1.82) is 0 Å². The summed E-state index contributed by atoms with van der Waals surface area (Å²) in [6, 6.07) is 4.95. The summed E-state index contributed by atoms with van der Waals surface area (Å²) in [5, 5.41) is 12.1. The van der Waals surface area contributed by atoms with Gasteiger partial charge in [0, 0.05) is 12.6 Å². The van der Waals surface area contributed by atoms with Crippen LogP contribution in [-0.2, 0) is 11.3 Å². The Labute approximate surface area is 114 Å². The molecular formula is C14H22N2O3. The van der Waals surface area contributed by atoms with Gasteiger partial charge in [-0.2, -0.15) is 0 Å². The van der Waals surface area contributed by atoms with Crippen LogP contribution in [0.2, 0.25) is 0 Å². The molecule has 1 rings (SSSR count). The molecule has 0 unspecified atom stereocenters. The molecule has 0 aliphatic heterocycles. The fraction of sp³-hybridized carbons (Fsp3) is 0.571. The van der Waals surface area contributed by atoms with Crippen LogP contribution in [0.25, 0.3) is 0 Å². The van der Waals surface area contributed by atoms with Crippen LogP contribution in [0.4, 0.5) is 0 Å². The zero-order valence-corrected chi connectivity index (χ0v) is 11.7. The van der Waals surface area contributed by atoms with Crippen molar-refractivity contribution in [3.63, 3.8) is 0 Å². The van der Waals surface area contributed by atoms with Gasteiger partial charge in [0.1, 0.15) is 6.04 Å². The van der Waals surface area contributed by atoms with Crippen LogP contribution >= 0.6 is 0 Å². The molecule has 0 aliphatic rings. The predicted octanol–water partition coefficient (Wildman–Crippen LogP) is 2.07. The van der Waals surface area contributed by atoms with E-state index in [9.17, 15) is 4.79 Å². The molecule has 1 aromatic heterocycles. The van der Waals surface area contributed by atoms with E-state index in [1.165, 1.54) is 0 Å². The van der Waals surface area contributed by atoms with E-state index in [1.807, 2.05) is 32.9 Å². The van der Waals surface area contributed by atoms with Gasteiger partial charge in [-0.3, -0.25) is 10.1 Å². The van der Waals surface area contributed by atoms with Crippen molar-refractivity contribution in [1.82, 2.24) is 10.3 Å². The van der Waals surface area contributed by atoms with E-state index in [-0.39, 0.29) is 0 Å². The molecule has 0 aromatic carbocycles. The minimum atomic E-state index is -0.824. The number of pyridine rings is 1. The first-order chi connectivity index (χ1) is 9.02. The zero-order valence-electron chi connectivity index (χ0n) is 11.7. The lowest BCUT2D eigenvalue weighted by molar-refractivity contribution is -0.140. The van der Waals surface area contributed by atoms with Gasteiger partial charge < -0.3 is 9.84 Å². The fourth-order valence-corrected chi connectivity index (χ4v) is 1.75. The maximum atomic E-state index is 11.1. The normalized spacial score (nSPS) is 12.4. The van der Waals surface area contributed by atoms with Gasteiger partial charge >= 0.3 is 5.97 Å². The third-order valence-electron chi connectivity index (χ3n) is 2.61. The third kappa shape index (κ3) is 5.70. The number of hydrogen-bond donors (Lipinski definition) is 2. The Morgan fingerprint density at radius 3 is 2.79 bits per heavy atom. The van der Waals surface area contributed by atoms with Gasteiger partial charge in [0.05, 0.1) is 12.3 Å². The molecule has 0 amide bonds. The minimum Gasteiger partial charge on any atom is -0.480 e. The van der Waals surface area contributed by atoms with E-state index >= 15 is 0 Å². The molecule has 0 saturated carbocycles. The summed E-state index contributed by atoms with van der Waals surface area (Å²) < 4.78 is 5.31. The van der Waals surface area contributed by atoms with Crippen molar-refractivity contribution < 1.29 is 14.6 Å². The molecule has 2 N–H and O–H groups in total. The zero-order chi connectivity index (χ0) is 14.3. The van der Waals surface area contributed by atoms with E-state index in [0.29, 0.717) is 31.4 Å². The number of ether oxygens (including phenoxy) is 1. The van der Waals surface area contributed by atoms with E-state index in [4.69, 9.17) is 9.84 Å². The van der Waals surface area contributed by atoms with Gasteiger partial charge in [0.15, 0.2) is 0 Å². The van der Waals surface area contributed by atoms with Crippen LogP contribution in [-0.4, -0.2) is 28.7 Å². The molecule has 5 heteroatoms. The maximum absolute atomic E-state index is 11.1. The van der Waals surface area contributed by atoms with Crippen molar-refractivity contribution in [2.24, 2.45) is 5.92 Å². The summed E-state index contributed by atoms with van der Waals surface area (Å²) in [5.74, 6) is 0.0727. The highest BCUT2D eigenvalue weighted by Gasteiger charge is 2.18. The quantitative estimate of drug-likeness (QED) is 0.753. The molecule has 0 aliphatic carbocycles. The van der Waals surface area contributed by atoms with Gasteiger partial charge in [-0.15, -0.1) is 0 Å². The first-order valence-corrected chi connectivity index (χ1v) is 6.57. The highest BCUT2D eigenvalue weighted by Crippen LogP contribution is 2.09. The van der Waals surface area contributed by atoms with Crippen molar-refractivity contribution in [2.45, 2.75) is 39.8 Å². The SMILES string of the molecule is CCOc1cccc(CN[C@H](CC(C)C)C(=O)O)n1. The number of rotatable bonds is 8. The second kappa shape index (κ2) is 7.74. The summed E-state index contributed by atoms with van der Waals surface area (Å²) >= 11 is 0. The second-order valence-corrected chi connectivity index (χ2v) is 4.80. The number of hydrogen-bond acceptors (Lipinski definition) is 4. The molecule has 5 nitrogen and oxygen atoms in total. The molecule has 0 spiro atoms. The Kier molecular flexibility index (Phi) is 6.29. The average Bonchev–Trinajstić information content (AvgIpc) is 2.34. The topological polar surface area (TPSA) is 71.5 Å². The van der Waals surface area contributed by atoms with Crippen LogP contribution in [0.15, 0.2) is 18.2 Å². The van der Waals surface area contributed by atoms with Crippen molar-refractivity contribution in [3.05, 3.63) is 23.9 Å². The van der Waals surface area contributed by atoms with E-state index in [0.717, 1.165) is 5.69 Å². The lowest BCUT2D eigenvalue weighted by Gasteiger charge is -2.16. The number of carboxylic acid groups (broad SMARTS) is 1. The van der Waals surface area contributed by atoms with E-state index in [1.54, 1.807) is 6.07 Å².